The molecule has 1 amide bonds. The molecule has 2 aliphatic rings. The lowest BCUT2D eigenvalue weighted by Crippen LogP contribution is -2.65. The molecule has 2 rings (SSSR count). The number of ether oxygens (including phenoxy) is 4. The van der Waals surface area contributed by atoms with Crippen molar-refractivity contribution in [1.82, 2.24) is 5.32 Å². The third-order valence-corrected chi connectivity index (χ3v) is 15.1. The van der Waals surface area contributed by atoms with Crippen LogP contribution in [0.25, 0.3) is 0 Å². The third-order valence-electron chi connectivity index (χ3n) is 15.1. The van der Waals surface area contributed by atoms with Gasteiger partial charge in [-0.3, -0.25) is 4.79 Å². The zero-order valence-corrected chi connectivity index (χ0v) is 45.2. The van der Waals surface area contributed by atoms with Gasteiger partial charge in [-0.05, 0) is 12.8 Å². The van der Waals surface area contributed by atoms with Crippen molar-refractivity contribution < 1.29 is 64.6 Å². The van der Waals surface area contributed by atoms with Crippen LogP contribution in [0, 0.1) is 0 Å². The van der Waals surface area contributed by atoms with Crippen LogP contribution < -0.4 is 5.32 Å². The van der Waals surface area contributed by atoms with Gasteiger partial charge < -0.3 is 65.1 Å². The van der Waals surface area contributed by atoms with Crippen molar-refractivity contribution in [3.05, 3.63) is 0 Å². The minimum absolute atomic E-state index is 0.200. The predicted octanol–water partition coefficient (Wildman–Crippen LogP) is 9.73. The average Bonchev–Trinajstić information content (AvgIpc) is 3.37. The van der Waals surface area contributed by atoms with Crippen LogP contribution in [0.4, 0.5) is 0 Å². The molecular formula is C57H111NO13. The van der Waals surface area contributed by atoms with E-state index in [0.29, 0.717) is 12.8 Å². The van der Waals surface area contributed by atoms with Gasteiger partial charge in [0.15, 0.2) is 12.6 Å². The molecule has 14 heteroatoms. The van der Waals surface area contributed by atoms with E-state index in [2.05, 4.69) is 19.2 Å². The summed E-state index contributed by atoms with van der Waals surface area (Å²) in [6, 6.07) is -0.822. The lowest BCUT2D eigenvalue weighted by Gasteiger charge is -2.46. The molecule has 2 heterocycles. The monoisotopic (exact) mass is 1020 g/mol. The van der Waals surface area contributed by atoms with Crippen molar-refractivity contribution in [2.45, 2.75) is 338 Å². The van der Waals surface area contributed by atoms with Crippen LogP contribution in [-0.4, -0.2) is 140 Å². The van der Waals surface area contributed by atoms with Gasteiger partial charge in [0.2, 0.25) is 5.91 Å². The Morgan fingerprint density at radius 3 is 1.20 bits per heavy atom. The van der Waals surface area contributed by atoms with E-state index in [9.17, 15) is 45.6 Å². The topological polar surface area (TPSA) is 228 Å². The standard InChI is InChI=1S/C57H111NO13/c1-3-5-7-9-11-13-15-17-19-20-21-22-23-24-25-26-27-29-31-33-35-37-39-41-49(62)58-45(46(61)40-38-36-34-32-30-28-18-16-14-12-10-8-6-4-2)44-68-56-54(67)52(65)55(48(43-60)70-56)71-57-53(66)51(64)50(63)47(42-59)69-57/h45-48,50-57,59-61,63-67H,3-44H2,1-2H3,(H,58,62)/t45-,46+,47+,48+,50-,51?,52?,53?,54?,55+,56+,57-/m0/s1. The summed E-state index contributed by atoms with van der Waals surface area (Å²) in [5.74, 6) is -0.200. The number of unbranched alkanes of at least 4 members (excludes halogenated alkanes) is 35. The van der Waals surface area contributed by atoms with E-state index in [-0.39, 0.29) is 12.5 Å². The van der Waals surface area contributed by atoms with Crippen molar-refractivity contribution in [2.75, 3.05) is 19.8 Å². The highest BCUT2D eigenvalue weighted by Gasteiger charge is 2.51. The molecule has 0 saturated carbocycles. The molecule has 2 aliphatic heterocycles. The van der Waals surface area contributed by atoms with E-state index in [4.69, 9.17) is 18.9 Å². The molecule has 2 saturated heterocycles. The molecule has 0 aromatic rings. The zero-order chi connectivity index (χ0) is 51.7. The third kappa shape index (κ3) is 30.4. The smallest absolute Gasteiger partial charge is 0.220 e. The summed E-state index contributed by atoms with van der Waals surface area (Å²) in [5.41, 5.74) is 0. The fraction of sp³-hybridized carbons (Fsp3) is 0.982. The maximum absolute atomic E-state index is 13.3. The van der Waals surface area contributed by atoms with Gasteiger partial charge in [-0.1, -0.05) is 245 Å². The van der Waals surface area contributed by atoms with Gasteiger partial charge in [0.1, 0.15) is 48.8 Å². The Morgan fingerprint density at radius 1 is 0.451 bits per heavy atom. The summed E-state index contributed by atoms with van der Waals surface area (Å²) in [4.78, 5) is 13.3. The second kappa shape index (κ2) is 44.2. The molecule has 9 N–H and O–H groups in total. The number of aliphatic hydroxyl groups excluding tert-OH is 8. The van der Waals surface area contributed by atoms with Crippen molar-refractivity contribution in [2.24, 2.45) is 0 Å². The first-order valence-electron chi connectivity index (χ1n) is 29.8. The number of carbonyl (C=O) groups is 1. The van der Waals surface area contributed by atoms with E-state index in [1.165, 1.54) is 186 Å². The van der Waals surface area contributed by atoms with E-state index >= 15 is 0 Å². The highest BCUT2D eigenvalue weighted by molar-refractivity contribution is 5.76. The molecule has 2 fully saturated rings. The number of hydrogen-bond acceptors (Lipinski definition) is 13. The maximum Gasteiger partial charge on any atom is 0.220 e. The molecule has 0 aromatic heterocycles. The van der Waals surface area contributed by atoms with E-state index in [1.54, 1.807) is 0 Å². The van der Waals surface area contributed by atoms with Crippen LogP contribution in [0.15, 0.2) is 0 Å². The Morgan fingerprint density at radius 2 is 0.803 bits per heavy atom. The van der Waals surface area contributed by atoms with E-state index in [1.807, 2.05) is 0 Å². The predicted molar refractivity (Wildman–Crippen MR) is 282 cm³/mol. The fourth-order valence-electron chi connectivity index (χ4n) is 10.2. The Hall–Kier alpha value is -1.01. The van der Waals surface area contributed by atoms with Gasteiger partial charge in [0.25, 0.3) is 0 Å². The largest absolute Gasteiger partial charge is 0.394 e. The molecular weight excluding hydrogens is 907 g/mol. The van der Waals surface area contributed by atoms with Gasteiger partial charge in [-0.15, -0.1) is 0 Å². The lowest BCUT2D eigenvalue weighted by molar-refractivity contribution is -0.359. The van der Waals surface area contributed by atoms with Crippen molar-refractivity contribution in [1.29, 1.82) is 0 Å². The van der Waals surface area contributed by atoms with Gasteiger partial charge in [-0.2, -0.15) is 0 Å². The highest BCUT2D eigenvalue weighted by Crippen LogP contribution is 2.30. The normalized spacial score (nSPS) is 25.7. The van der Waals surface area contributed by atoms with Crippen LogP contribution in [0.3, 0.4) is 0 Å². The van der Waals surface area contributed by atoms with Gasteiger partial charge in [0, 0.05) is 6.42 Å². The van der Waals surface area contributed by atoms with Gasteiger partial charge in [0.05, 0.1) is 32.0 Å². The first kappa shape index (κ1) is 66.1. The summed E-state index contributed by atoms with van der Waals surface area (Å²) in [5, 5.41) is 87.2. The second-order valence-corrected chi connectivity index (χ2v) is 21.5. The van der Waals surface area contributed by atoms with Gasteiger partial charge >= 0.3 is 0 Å². The summed E-state index contributed by atoms with van der Waals surface area (Å²) >= 11 is 0. The Kier molecular flexibility index (Phi) is 41.1. The molecule has 0 aliphatic carbocycles. The SMILES string of the molecule is CCCCCCCCCCCCCCCCCCCCCCCCCC(=O)N[C@@H](CO[C@@H]1O[C@H](CO)[C@@H](O[C@@H]2O[C@H](CO)[C@H](O)C(O)C2O)C(O)C1O)[C@H](O)CCCCCCCCCCCCCCCC. The van der Waals surface area contributed by atoms with Crippen molar-refractivity contribution >= 4 is 5.91 Å². The molecule has 0 radical (unpaired) electrons. The highest BCUT2D eigenvalue weighted by atomic mass is 16.7. The molecule has 0 bridgehead atoms. The molecule has 14 nitrogen and oxygen atoms in total. The minimum atomic E-state index is -1.78. The number of nitrogens with one attached hydrogen (secondary N) is 1. The van der Waals surface area contributed by atoms with Crippen LogP contribution in [0.2, 0.25) is 0 Å². The first-order valence-corrected chi connectivity index (χ1v) is 29.8. The van der Waals surface area contributed by atoms with Crippen LogP contribution in [0.1, 0.15) is 264 Å². The number of rotatable bonds is 48. The summed E-state index contributed by atoms with van der Waals surface area (Å²) in [6.45, 7) is 2.89. The number of hydrogen-bond donors (Lipinski definition) is 9. The number of amides is 1. The lowest BCUT2D eigenvalue weighted by atomic mass is 9.97. The Balaban J connectivity index is 1.72. The average molecular weight is 1020 g/mol. The number of carbonyl (C=O) groups excluding carboxylic acids is 1. The van der Waals surface area contributed by atoms with Crippen LogP contribution >= 0.6 is 0 Å². The fourth-order valence-corrected chi connectivity index (χ4v) is 10.2. The maximum atomic E-state index is 13.3. The van der Waals surface area contributed by atoms with Gasteiger partial charge in [-0.25, -0.2) is 0 Å². The zero-order valence-electron chi connectivity index (χ0n) is 45.2. The van der Waals surface area contributed by atoms with Crippen molar-refractivity contribution in [3.63, 3.8) is 0 Å². The Labute approximate surface area is 432 Å². The molecule has 71 heavy (non-hydrogen) atoms. The molecule has 0 spiro atoms. The molecule has 422 valence electrons. The van der Waals surface area contributed by atoms with Crippen LogP contribution in [0.5, 0.6) is 0 Å². The second-order valence-electron chi connectivity index (χ2n) is 21.5. The summed E-state index contributed by atoms with van der Waals surface area (Å²) in [6.07, 6.45) is 31.0. The van der Waals surface area contributed by atoms with Crippen molar-refractivity contribution in [3.8, 4) is 0 Å². The quantitative estimate of drug-likeness (QED) is 0.0259. The molecule has 0 aromatic carbocycles. The van der Waals surface area contributed by atoms with E-state index < -0.39 is 86.8 Å². The van der Waals surface area contributed by atoms with E-state index in [0.717, 1.165) is 51.4 Å². The molecule has 4 unspecified atom stereocenters. The number of aliphatic hydroxyl groups is 8. The Bertz CT molecular complexity index is 1200. The summed E-state index contributed by atoms with van der Waals surface area (Å²) in [7, 11) is 0. The minimum Gasteiger partial charge on any atom is -0.394 e. The molecule has 12 atom stereocenters. The summed E-state index contributed by atoms with van der Waals surface area (Å²) < 4.78 is 22.8. The first-order chi connectivity index (χ1) is 34.6. The van der Waals surface area contributed by atoms with Crippen LogP contribution in [-0.2, 0) is 23.7 Å².